The maximum atomic E-state index is 12.8. The third-order valence-corrected chi connectivity index (χ3v) is 6.61. The maximum Gasteiger partial charge on any atom is 0.534 e. The zero-order chi connectivity index (χ0) is 26.1. The van der Waals surface area contributed by atoms with E-state index in [0.29, 0.717) is 30.9 Å². The van der Waals surface area contributed by atoms with Crippen molar-refractivity contribution in [2.45, 2.75) is 75.9 Å². The largest absolute Gasteiger partial charge is 0.534 e. The highest BCUT2D eigenvalue weighted by atomic mass is 32.2. The number of nitrogens with zero attached hydrogens (tertiary/aromatic N) is 1. The summed E-state index contributed by atoms with van der Waals surface area (Å²) in [6.07, 6.45) is -1.19. The lowest BCUT2D eigenvalue weighted by molar-refractivity contribution is -0.178. The quantitative estimate of drug-likeness (QED) is 0.268. The van der Waals surface area contributed by atoms with Crippen molar-refractivity contribution >= 4 is 33.9 Å². The molecule has 0 spiro atoms. The van der Waals surface area contributed by atoms with Gasteiger partial charge in [0.05, 0.1) is 10.6 Å². The molecular formula is C23H32N2O9S. The lowest BCUT2D eigenvalue weighted by atomic mass is 10.1. The molecule has 0 aromatic heterocycles. The van der Waals surface area contributed by atoms with Crippen LogP contribution in [0.2, 0.25) is 0 Å². The normalized spacial score (nSPS) is 15.0. The Morgan fingerprint density at radius 1 is 1.03 bits per heavy atom. The number of hydrogen-bond donors (Lipinski definition) is 1. The van der Waals surface area contributed by atoms with Crippen LogP contribution in [0.4, 0.5) is 9.59 Å². The van der Waals surface area contributed by atoms with Crippen LogP contribution in [0.5, 0.6) is 0 Å². The Morgan fingerprint density at radius 2 is 1.66 bits per heavy atom. The number of ether oxygens (including phenoxy) is 2. The summed E-state index contributed by atoms with van der Waals surface area (Å²) in [5.74, 6) is -1.83. The van der Waals surface area contributed by atoms with Gasteiger partial charge < -0.3 is 14.8 Å². The van der Waals surface area contributed by atoms with Gasteiger partial charge in [-0.15, -0.1) is 0 Å². The summed E-state index contributed by atoms with van der Waals surface area (Å²) in [6, 6.07) is 7.72. The lowest BCUT2D eigenvalue weighted by Crippen LogP contribution is -2.35. The fourth-order valence-corrected chi connectivity index (χ4v) is 4.70. The van der Waals surface area contributed by atoms with E-state index in [2.05, 4.69) is 5.32 Å². The van der Waals surface area contributed by atoms with Gasteiger partial charge in [0.1, 0.15) is 11.7 Å². The second-order valence-corrected chi connectivity index (χ2v) is 11.1. The molecular weight excluding hydrogens is 480 g/mol. The third kappa shape index (κ3) is 9.93. The highest BCUT2D eigenvalue weighted by Gasteiger charge is 2.34. The molecule has 1 heterocycles. The van der Waals surface area contributed by atoms with Crippen molar-refractivity contribution in [2.24, 2.45) is 0 Å². The zero-order valence-electron chi connectivity index (χ0n) is 20.2. The van der Waals surface area contributed by atoms with Crippen LogP contribution in [0.1, 0.15) is 59.3 Å². The number of carbonyl (C=O) groups is 4. The van der Waals surface area contributed by atoms with Crippen molar-refractivity contribution in [3.63, 3.8) is 0 Å². The van der Waals surface area contributed by atoms with E-state index in [1.54, 1.807) is 39.0 Å². The first-order valence-electron chi connectivity index (χ1n) is 11.4. The number of sulfone groups is 1. The van der Waals surface area contributed by atoms with Crippen LogP contribution < -0.4 is 5.32 Å². The second-order valence-electron chi connectivity index (χ2n) is 9.04. The van der Waals surface area contributed by atoms with Crippen LogP contribution in [0.15, 0.2) is 35.2 Å². The number of alkyl carbamates (subject to hydrolysis) is 1. The number of nitrogens with one attached hydrogen (secondary N) is 1. The number of imide groups is 1. The van der Waals surface area contributed by atoms with Gasteiger partial charge in [0.15, 0.2) is 9.84 Å². The molecule has 1 aliphatic rings. The molecule has 11 nitrogen and oxygen atoms in total. The Hall–Kier alpha value is -3.15. The third-order valence-electron chi connectivity index (χ3n) is 4.81. The summed E-state index contributed by atoms with van der Waals surface area (Å²) in [6.45, 7) is 5.65. The van der Waals surface area contributed by atoms with Crippen LogP contribution in [-0.2, 0) is 33.7 Å². The highest BCUT2D eigenvalue weighted by Crippen LogP contribution is 2.18. The second kappa shape index (κ2) is 12.5. The number of rotatable bonds is 11. The minimum atomic E-state index is -3.78. The number of hydrogen-bond acceptors (Lipinski definition) is 9. The van der Waals surface area contributed by atoms with E-state index in [-0.39, 0.29) is 24.2 Å². The molecule has 3 amide bonds. The Kier molecular flexibility index (Phi) is 10.1. The van der Waals surface area contributed by atoms with Crippen LogP contribution in [0.3, 0.4) is 0 Å². The molecule has 1 atom stereocenters. The molecule has 0 bridgehead atoms. The molecule has 0 aliphatic carbocycles. The SMILES string of the molecule is CC(C)(C)OC(=O)NCCCCCC(CS(=O)(=O)c1ccccc1)OC(=O)ON1C(=O)CCC1=O. The predicted molar refractivity (Wildman–Crippen MR) is 124 cm³/mol. The van der Waals surface area contributed by atoms with Crippen molar-refractivity contribution in [3.8, 4) is 0 Å². The molecule has 1 aromatic rings. The molecule has 194 valence electrons. The van der Waals surface area contributed by atoms with Crippen LogP contribution in [0.25, 0.3) is 0 Å². The smallest absolute Gasteiger partial charge is 0.444 e. The summed E-state index contributed by atoms with van der Waals surface area (Å²) in [4.78, 5) is 52.0. The Bertz CT molecular complexity index is 988. The Labute approximate surface area is 205 Å². The minimum absolute atomic E-state index is 0.0741. The molecule has 35 heavy (non-hydrogen) atoms. The molecule has 1 aliphatic heterocycles. The average molecular weight is 513 g/mol. The molecule has 0 saturated carbocycles. The van der Waals surface area contributed by atoms with Crippen molar-refractivity contribution in [3.05, 3.63) is 30.3 Å². The molecule has 2 rings (SSSR count). The first-order valence-corrected chi connectivity index (χ1v) is 13.0. The van der Waals surface area contributed by atoms with Gasteiger partial charge in [-0.3, -0.25) is 14.4 Å². The highest BCUT2D eigenvalue weighted by molar-refractivity contribution is 7.91. The van der Waals surface area contributed by atoms with Gasteiger partial charge in [0.2, 0.25) is 0 Å². The van der Waals surface area contributed by atoms with Gasteiger partial charge >= 0.3 is 12.2 Å². The van der Waals surface area contributed by atoms with Crippen molar-refractivity contribution in [1.82, 2.24) is 10.4 Å². The van der Waals surface area contributed by atoms with Crippen molar-refractivity contribution < 1.29 is 41.9 Å². The zero-order valence-corrected chi connectivity index (χ0v) is 21.0. The summed E-state index contributed by atoms with van der Waals surface area (Å²) < 4.78 is 35.9. The van der Waals surface area contributed by atoms with E-state index in [9.17, 15) is 27.6 Å². The van der Waals surface area contributed by atoms with E-state index in [0.717, 1.165) is 0 Å². The van der Waals surface area contributed by atoms with E-state index >= 15 is 0 Å². The molecule has 1 N–H and O–H groups in total. The minimum Gasteiger partial charge on any atom is -0.444 e. The topological polar surface area (TPSA) is 145 Å². The molecule has 0 radical (unpaired) electrons. The van der Waals surface area contributed by atoms with Gasteiger partial charge in [0.25, 0.3) is 11.8 Å². The van der Waals surface area contributed by atoms with Gasteiger partial charge in [-0.05, 0) is 52.2 Å². The Morgan fingerprint density at radius 3 is 2.26 bits per heavy atom. The van der Waals surface area contributed by atoms with Gasteiger partial charge in [-0.2, -0.15) is 0 Å². The van der Waals surface area contributed by atoms with Crippen molar-refractivity contribution in [1.29, 1.82) is 0 Å². The van der Waals surface area contributed by atoms with Crippen LogP contribution in [0, 0.1) is 0 Å². The summed E-state index contributed by atoms with van der Waals surface area (Å²) >= 11 is 0. The van der Waals surface area contributed by atoms with E-state index in [1.807, 2.05) is 0 Å². The van der Waals surface area contributed by atoms with E-state index in [1.165, 1.54) is 12.1 Å². The number of unbranched alkanes of at least 4 members (excludes halogenated alkanes) is 2. The van der Waals surface area contributed by atoms with Crippen LogP contribution >= 0.6 is 0 Å². The fraction of sp³-hybridized carbons (Fsp3) is 0.565. The van der Waals surface area contributed by atoms with Crippen molar-refractivity contribution in [2.75, 3.05) is 12.3 Å². The van der Waals surface area contributed by atoms with Crippen LogP contribution in [-0.4, -0.2) is 61.5 Å². The summed E-state index contributed by atoms with van der Waals surface area (Å²) in [5.41, 5.74) is -0.599. The molecule has 1 unspecified atom stereocenters. The molecule has 1 aromatic carbocycles. The standard InChI is InChI=1S/C23H32N2O9S/c1-23(2,3)33-21(28)24-15-9-5-6-10-17(16-35(30,31)18-11-7-4-8-12-18)32-22(29)34-25-19(26)13-14-20(25)27/h4,7-8,11-12,17H,5-6,9-10,13-16H2,1-3H3,(H,24,28). The average Bonchev–Trinajstić information content (AvgIpc) is 3.07. The summed E-state index contributed by atoms with van der Waals surface area (Å²) in [7, 11) is -3.78. The first-order chi connectivity index (χ1) is 16.4. The monoisotopic (exact) mass is 512 g/mol. The maximum absolute atomic E-state index is 12.8. The number of amides is 3. The van der Waals surface area contributed by atoms with E-state index in [4.69, 9.17) is 14.3 Å². The number of carbonyl (C=O) groups excluding carboxylic acids is 4. The summed E-state index contributed by atoms with van der Waals surface area (Å²) in [5, 5.41) is 2.98. The first kappa shape index (κ1) is 28.1. The van der Waals surface area contributed by atoms with Gasteiger partial charge in [0, 0.05) is 19.4 Å². The molecule has 1 fully saturated rings. The van der Waals surface area contributed by atoms with Gasteiger partial charge in [-0.1, -0.05) is 29.7 Å². The van der Waals surface area contributed by atoms with E-state index < -0.39 is 51.4 Å². The lowest BCUT2D eigenvalue weighted by Gasteiger charge is -2.20. The number of hydroxylamine groups is 2. The number of benzene rings is 1. The molecule has 12 heteroatoms. The predicted octanol–water partition coefficient (Wildman–Crippen LogP) is 3.13. The molecule has 1 saturated heterocycles. The Balaban J connectivity index is 1.90. The van der Waals surface area contributed by atoms with Gasteiger partial charge in [-0.25, -0.2) is 18.0 Å². The fourth-order valence-electron chi connectivity index (χ4n) is 3.21.